The van der Waals surface area contributed by atoms with E-state index in [-0.39, 0.29) is 23.3 Å². The minimum absolute atomic E-state index is 0.0907. The maximum absolute atomic E-state index is 12.9. The molecule has 0 aliphatic carbocycles. The van der Waals surface area contributed by atoms with E-state index in [0.717, 1.165) is 11.4 Å². The van der Waals surface area contributed by atoms with Crippen molar-refractivity contribution < 1.29 is 4.79 Å². The molecule has 1 heterocycles. The highest BCUT2D eigenvalue weighted by Crippen LogP contribution is 2.27. The zero-order valence-electron chi connectivity index (χ0n) is 13.4. The van der Waals surface area contributed by atoms with Crippen molar-refractivity contribution >= 4 is 40.7 Å². The summed E-state index contributed by atoms with van der Waals surface area (Å²) in [4.78, 5) is 22.7. The monoisotopic (exact) mass is 351 g/mol. The molecule has 0 aliphatic rings. The van der Waals surface area contributed by atoms with Gasteiger partial charge in [0, 0.05) is 17.4 Å². The molecular formula is C18H17N5OS. The van der Waals surface area contributed by atoms with Gasteiger partial charge in [0.25, 0.3) is 0 Å². The molecule has 7 heteroatoms. The fourth-order valence-corrected chi connectivity index (χ4v) is 3.03. The molecule has 126 valence electrons. The second-order valence-corrected chi connectivity index (χ2v) is 6.13. The highest BCUT2D eigenvalue weighted by molar-refractivity contribution is 7.99. The summed E-state index contributed by atoms with van der Waals surface area (Å²) in [6, 6.07) is 20.5. The van der Waals surface area contributed by atoms with Gasteiger partial charge >= 0.3 is 0 Å². The van der Waals surface area contributed by atoms with Crippen LogP contribution < -0.4 is 16.4 Å². The van der Waals surface area contributed by atoms with Gasteiger partial charge in [0.05, 0.1) is 5.75 Å². The van der Waals surface area contributed by atoms with Crippen LogP contribution in [0, 0.1) is 0 Å². The SMILES string of the molecule is Nc1cc(N)nc(SCC(=O)N(c2ccccc2)c2ccccc2)n1. The molecule has 0 atom stereocenters. The standard InChI is InChI=1S/C18H17N5OS/c19-15-11-16(20)22-18(21-15)25-12-17(24)23(13-7-3-1-4-8-13)14-9-5-2-6-10-14/h1-11H,12H2,(H4,19,20,21,22). The van der Waals surface area contributed by atoms with E-state index >= 15 is 0 Å². The summed E-state index contributed by atoms with van der Waals surface area (Å²) in [5.41, 5.74) is 12.9. The number of para-hydroxylation sites is 2. The van der Waals surface area contributed by atoms with E-state index in [9.17, 15) is 4.79 Å². The van der Waals surface area contributed by atoms with E-state index in [1.165, 1.54) is 17.8 Å². The van der Waals surface area contributed by atoms with Gasteiger partial charge in [-0.15, -0.1) is 0 Å². The smallest absolute Gasteiger partial charge is 0.242 e. The normalized spacial score (nSPS) is 10.4. The molecular weight excluding hydrogens is 334 g/mol. The molecule has 0 spiro atoms. The van der Waals surface area contributed by atoms with Crippen molar-refractivity contribution in [2.45, 2.75) is 5.16 Å². The number of rotatable bonds is 5. The summed E-state index contributed by atoms with van der Waals surface area (Å²) in [6.07, 6.45) is 0. The van der Waals surface area contributed by atoms with Gasteiger partial charge in [-0.1, -0.05) is 48.2 Å². The predicted octanol–water partition coefficient (Wildman–Crippen LogP) is 3.10. The largest absolute Gasteiger partial charge is 0.383 e. The Hall–Kier alpha value is -3.06. The molecule has 0 bridgehead atoms. The van der Waals surface area contributed by atoms with Crippen LogP contribution in [0.5, 0.6) is 0 Å². The number of nitrogen functional groups attached to an aromatic ring is 2. The van der Waals surface area contributed by atoms with Crippen LogP contribution in [-0.4, -0.2) is 21.6 Å². The van der Waals surface area contributed by atoms with Crippen molar-refractivity contribution in [3.05, 3.63) is 66.7 Å². The molecule has 0 radical (unpaired) electrons. The van der Waals surface area contributed by atoms with Crippen molar-refractivity contribution in [2.75, 3.05) is 22.1 Å². The van der Waals surface area contributed by atoms with Gasteiger partial charge in [-0.25, -0.2) is 9.97 Å². The second kappa shape index (κ2) is 7.67. The average Bonchev–Trinajstić information content (AvgIpc) is 2.61. The van der Waals surface area contributed by atoms with Crippen molar-refractivity contribution in [3.8, 4) is 0 Å². The van der Waals surface area contributed by atoms with E-state index in [4.69, 9.17) is 11.5 Å². The van der Waals surface area contributed by atoms with E-state index in [1.54, 1.807) is 4.90 Å². The summed E-state index contributed by atoms with van der Waals surface area (Å²) in [6.45, 7) is 0. The van der Waals surface area contributed by atoms with Gasteiger partial charge in [-0.05, 0) is 24.3 Å². The van der Waals surface area contributed by atoms with Crippen LogP contribution in [0.4, 0.5) is 23.0 Å². The third-order valence-electron chi connectivity index (χ3n) is 3.35. The van der Waals surface area contributed by atoms with Crippen LogP contribution in [-0.2, 0) is 4.79 Å². The summed E-state index contributed by atoms with van der Waals surface area (Å²) in [5, 5.41) is 0.381. The molecule has 3 aromatic rings. The zero-order valence-corrected chi connectivity index (χ0v) is 14.2. The second-order valence-electron chi connectivity index (χ2n) is 5.19. The van der Waals surface area contributed by atoms with Gasteiger partial charge < -0.3 is 11.5 Å². The fraction of sp³-hybridized carbons (Fsp3) is 0.0556. The Bertz CT molecular complexity index is 798. The Balaban J connectivity index is 1.82. The maximum Gasteiger partial charge on any atom is 0.242 e. The molecule has 0 aliphatic heterocycles. The molecule has 1 aromatic heterocycles. The zero-order chi connectivity index (χ0) is 17.6. The third kappa shape index (κ3) is 4.27. The van der Waals surface area contributed by atoms with Crippen LogP contribution in [0.2, 0.25) is 0 Å². The average molecular weight is 351 g/mol. The molecule has 1 amide bonds. The Kier molecular flexibility index (Phi) is 5.15. The van der Waals surface area contributed by atoms with Gasteiger partial charge in [0.15, 0.2) is 5.16 Å². The Labute approximate surface area is 149 Å². The summed E-state index contributed by atoms with van der Waals surface area (Å²) in [5.74, 6) is 0.634. The van der Waals surface area contributed by atoms with Crippen molar-refractivity contribution in [2.24, 2.45) is 0 Å². The van der Waals surface area contributed by atoms with Crippen LogP contribution >= 0.6 is 11.8 Å². The van der Waals surface area contributed by atoms with E-state index in [0.29, 0.717) is 5.16 Å². The first-order chi connectivity index (χ1) is 12.1. The van der Waals surface area contributed by atoms with Crippen LogP contribution in [0.3, 0.4) is 0 Å². The molecule has 6 nitrogen and oxygen atoms in total. The molecule has 2 aromatic carbocycles. The van der Waals surface area contributed by atoms with Gasteiger partial charge in [-0.2, -0.15) is 0 Å². The number of amides is 1. The molecule has 4 N–H and O–H groups in total. The molecule has 25 heavy (non-hydrogen) atoms. The number of aromatic nitrogens is 2. The fourth-order valence-electron chi connectivity index (χ4n) is 2.31. The van der Waals surface area contributed by atoms with Crippen LogP contribution in [0.25, 0.3) is 0 Å². The van der Waals surface area contributed by atoms with E-state index < -0.39 is 0 Å². The number of nitrogens with zero attached hydrogens (tertiary/aromatic N) is 3. The summed E-state index contributed by atoms with van der Waals surface area (Å²) >= 11 is 1.20. The molecule has 3 rings (SSSR count). The van der Waals surface area contributed by atoms with Crippen molar-refractivity contribution in [3.63, 3.8) is 0 Å². The summed E-state index contributed by atoms with van der Waals surface area (Å²) in [7, 11) is 0. The lowest BCUT2D eigenvalue weighted by atomic mass is 10.2. The van der Waals surface area contributed by atoms with Crippen LogP contribution in [0.15, 0.2) is 71.9 Å². The lowest BCUT2D eigenvalue weighted by Crippen LogP contribution is -2.27. The number of carbonyl (C=O) groups excluding carboxylic acids is 1. The minimum Gasteiger partial charge on any atom is -0.383 e. The van der Waals surface area contributed by atoms with E-state index in [2.05, 4.69) is 9.97 Å². The van der Waals surface area contributed by atoms with Gasteiger partial charge in [-0.3, -0.25) is 9.69 Å². The topological polar surface area (TPSA) is 98.1 Å². The minimum atomic E-state index is -0.0907. The summed E-state index contributed by atoms with van der Waals surface area (Å²) < 4.78 is 0. The molecule has 0 saturated carbocycles. The van der Waals surface area contributed by atoms with E-state index in [1.807, 2.05) is 60.7 Å². The highest BCUT2D eigenvalue weighted by atomic mass is 32.2. The number of thioether (sulfide) groups is 1. The number of anilines is 4. The number of nitrogens with two attached hydrogens (primary N) is 2. The Morgan fingerprint density at radius 1 is 0.880 bits per heavy atom. The molecule has 0 fully saturated rings. The predicted molar refractivity (Wildman–Crippen MR) is 102 cm³/mol. The van der Waals surface area contributed by atoms with Crippen molar-refractivity contribution in [1.82, 2.24) is 9.97 Å². The first-order valence-corrected chi connectivity index (χ1v) is 8.58. The Morgan fingerprint density at radius 2 is 1.36 bits per heavy atom. The third-order valence-corrected chi connectivity index (χ3v) is 4.18. The number of hydrogen-bond donors (Lipinski definition) is 2. The molecule has 0 unspecified atom stereocenters. The lowest BCUT2D eigenvalue weighted by molar-refractivity contribution is -0.115. The first kappa shape index (κ1) is 16.8. The quantitative estimate of drug-likeness (QED) is 0.541. The number of benzene rings is 2. The Morgan fingerprint density at radius 3 is 1.84 bits per heavy atom. The highest BCUT2D eigenvalue weighted by Gasteiger charge is 2.18. The molecule has 0 saturated heterocycles. The van der Waals surface area contributed by atoms with Gasteiger partial charge in [0.2, 0.25) is 5.91 Å². The maximum atomic E-state index is 12.9. The van der Waals surface area contributed by atoms with Crippen LogP contribution in [0.1, 0.15) is 0 Å². The first-order valence-electron chi connectivity index (χ1n) is 7.59. The number of hydrogen-bond acceptors (Lipinski definition) is 6. The van der Waals surface area contributed by atoms with Gasteiger partial charge in [0.1, 0.15) is 11.6 Å². The lowest BCUT2D eigenvalue weighted by Gasteiger charge is -2.22. The number of carbonyl (C=O) groups is 1. The van der Waals surface area contributed by atoms with Crippen molar-refractivity contribution in [1.29, 1.82) is 0 Å².